The molecule has 6 nitrogen and oxygen atoms in total. The van der Waals surface area contributed by atoms with Crippen LogP contribution in [0.3, 0.4) is 0 Å². The summed E-state index contributed by atoms with van der Waals surface area (Å²) in [5.74, 6) is -0.0515. The van der Waals surface area contributed by atoms with E-state index in [1.54, 1.807) is 6.20 Å². The lowest BCUT2D eigenvalue weighted by atomic mass is 9.99. The van der Waals surface area contributed by atoms with E-state index in [1.165, 1.54) is 13.3 Å². The lowest BCUT2D eigenvalue weighted by molar-refractivity contribution is 0.0988. The molecule has 1 aliphatic carbocycles. The SMILES string of the molecule is COC(N)=NC1(c2cccc(CC(=O)c3cnc(C)cn3)c2)CC1. The molecule has 0 unspecified atom stereocenters. The summed E-state index contributed by atoms with van der Waals surface area (Å²) in [4.78, 5) is 25.1. The van der Waals surface area contributed by atoms with Crippen molar-refractivity contribution < 1.29 is 9.53 Å². The predicted molar refractivity (Wildman–Crippen MR) is 90.8 cm³/mol. The van der Waals surface area contributed by atoms with Crippen molar-refractivity contribution in [3.05, 3.63) is 59.2 Å². The highest BCUT2D eigenvalue weighted by atomic mass is 16.5. The number of methoxy groups -OCH3 is 1. The first-order valence-electron chi connectivity index (χ1n) is 7.83. The van der Waals surface area contributed by atoms with Gasteiger partial charge in [-0.1, -0.05) is 24.3 Å². The maximum atomic E-state index is 12.4. The molecule has 0 spiro atoms. The summed E-state index contributed by atoms with van der Waals surface area (Å²) in [5.41, 5.74) is 8.56. The third kappa shape index (κ3) is 3.42. The molecule has 6 heteroatoms. The number of nitrogens with two attached hydrogens (primary N) is 1. The van der Waals surface area contributed by atoms with E-state index in [1.807, 2.05) is 31.2 Å². The third-order valence-corrected chi connectivity index (χ3v) is 4.15. The molecule has 0 amide bonds. The first-order valence-corrected chi connectivity index (χ1v) is 7.83. The second kappa shape index (κ2) is 6.39. The van der Waals surface area contributed by atoms with Gasteiger partial charge in [0.25, 0.3) is 6.02 Å². The Hall–Kier alpha value is -2.76. The predicted octanol–water partition coefficient (Wildman–Crippen LogP) is 2.16. The molecule has 1 heterocycles. The van der Waals surface area contributed by atoms with E-state index in [-0.39, 0.29) is 23.8 Å². The lowest BCUT2D eigenvalue weighted by Gasteiger charge is -2.13. The summed E-state index contributed by atoms with van der Waals surface area (Å²) in [6.45, 7) is 1.84. The maximum absolute atomic E-state index is 12.4. The minimum Gasteiger partial charge on any atom is -0.469 e. The van der Waals surface area contributed by atoms with Gasteiger partial charge in [-0.15, -0.1) is 0 Å². The highest BCUT2D eigenvalue weighted by Gasteiger charge is 2.45. The van der Waals surface area contributed by atoms with Gasteiger partial charge in [0.05, 0.1) is 24.5 Å². The first kappa shape index (κ1) is 16.1. The van der Waals surface area contributed by atoms with E-state index in [9.17, 15) is 4.79 Å². The van der Waals surface area contributed by atoms with Gasteiger partial charge in [0, 0.05) is 12.6 Å². The van der Waals surface area contributed by atoms with Crippen LogP contribution in [-0.2, 0) is 16.7 Å². The zero-order chi connectivity index (χ0) is 17.2. The third-order valence-electron chi connectivity index (χ3n) is 4.15. The van der Waals surface area contributed by atoms with Crippen molar-refractivity contribution in [1.82, 2.24) is 9.97 Å². The van der Waals surface area contributed by atoms with Crippen molar-refractivity contribution in [3.63, 3.8) is 0 Å². The minimum atomic E-state index is -0.303. The van der Waals surface area contributed by atoms with Crippen LogP contribution in [0.1, 0.15) is 40.2 Å². The Balaban J connectivity index is 1.79. The quantitative estimate of drug-likeness (QED) is 0.517. The highest BCUT2D eigenvalue weighted by molar-refractivity contribution is 5.95. The van der Waals surface area contributed by atoms with Gasteiger partial charge in [-0.05, 0) is 30.9 Å². The number of hydrogen-bond donors (Lipinski definition) is 1. The Labute approximate surface area is 140 Å². The molecule has 0 saturated heterocycles. The van der Waals surface area contributed by atoms with E-state index in [0.717, 1.165) is 29.7 Å². The molecule has 0 radical (unpaired) electrons. The Morgan fingerprint density at radius 1 is 1.33 bits per heavy atom. The Morgan fingerprint density at radius 3 is 2.75 bits per heavy atom. The molecule has 1 saturated carbocycles. The van der Waals surface area contributed by atoms with E-state index >= 15 is 0 Å². The molecule has 24 heavy (non-hydrogen) atoms. The van der Waals surface area contributed by atoms with Crippen molar-refractivity contribution in [3.8, 4) is 0 Å². The molecule has 2 N–H and O–H groups in total. The molecule has 1 aliphatic rings. The fourth-order valence-electron chi connectivity index (χ4n) is 2.62. The van der Waals surface area contributed by atoms with Crippen LogP contribution in [0.25, 0.3) is 0 Å². The van der Waals surface area contributed by atoms with Gasteiger partial charge in [-0.2, -0.15) is 0 Å². The average Bonchev–Trinajstić information content (AvgIpc) is 3.36. The molecule has 3 rings (SSSR count). The van der Waals surface area contributed by atoms with Crippen LogP contribution in [0.15, 0.2) is 41.7 Å². The number of ketones is 1. The summed E-state index contributed by atoms with van der Waals surface area (Å²) in [7, 11) is 1.51. The number of rotatable bonds is 5. The molecular weight excluding hydrogens is 304 g/mol. The number of amidine groups is 1. The molecule has 124 valence electrons. The number of carbonyl (C=O) groups is 1. The number of aliphatic imine (C=N–C) groups is 1. The van der Waals surface area contributed by atoms with Crippen molar-refractivity contribution in [2.75, 3.05) is 7.11 Å². The molecule has 0 aliphatic heterocycles. The molecule has 0 bridgehead atoms. The Kier molecular flexibility index (Phi) is 4.29. The standard InChI is InChI=1S/C18H20N4O2/c1-12-10-21-15(11-20-12)16(23)9-13-4-3-5-14(8-13)18(6-7-18)22-17(19)24-2/h3-5,8,10-11H,6-7,9H2,1-2H3,(H2,19,22). The zero-order valence-corrected chi connectivity index (χ0v) is 13.8. The summed E-state index contributed by atoms with van der Waals surface area (Å²) in [5, 5.41) is 0. The smallest absolute Gasteiger partial charge is 0.282 e. The van der Waals surface area contributed by atoms with Crippen molar-refractivity contribution >= 4 is 11.8 Å². The fraction of sp³-hybridized carbons (Fsp3) is 0.333. The van der Waals surface area contributed by atoms with Crippen LogP contribution in [0.5, 0.6) is 0 Å². The molecule has 1 fully saturated rings. The lowest BCUT2D eigenvalue weighted by Crippen LogP contribution is -2.18. The topological polar surface area (TPSA) is 90.5 Å². The van der Waals surface area contributed by atoms with Crippen LogP contribution < -0.4 is 5.73 Å². The number of aromatic nitrogens is 2. The van der Waals surface area contributed by atoms with Crippen molar-refractivity contribution in [2.24, 2.45) is 10.7 Å². The summed E-state index contributed by atoms with van der Waals surface area (Å²) in [6, 6.07) is 8.08. The monoisotopic (exact) mass is 324 g/mol. The van der Waals surface area contributed by atoms with E-state index < -0.39 is 0 Å². The number of carbonyl (C=O) groups excluding carboxylic acids is 1. The van der Waals surface area contributed by atoms with Gasteiger partial charge in [0.15, 0.2) is 5.78 Å². The number of hydrogen-bond acceptors (Lipinski definition) is 5. The minimum absolute atomic E-state index is 0.0515. The van der Waals surface area contributed by atoms with Gasteiger partial charge in [-0.3, -0.25) is 9.78 Å². The zero-order valence-electron chi connectivity index (χ0n) is 13.8. The largest absolute Gasteiger partial charge is 0.469 e. The number of nitrogens with zero attached hydrogens (tertiary/aromatic N) is 3. The van der Waals surface area contributed by atoms with Gasteiger partial charge in [0.1, 0.15) is 5.69 Å². The average molecular weight is 324 g/mol. The van der Waals surface area contributed by atoms with Gasteiger partial charge in [-0.25, -0.2) is 9.98 Å². The van der Waals surface area contributed by atoms with E-state index in [0.29, 0.717) is 5.69 Å². The summed E-state index contributed by atoms with van der Waals surface area (Å²) >= 11 is 0. The van der Waals surface area contributed by atoms with Crippen molar-refractivity contribution in [2.45, 2.75) is 31.7 Å². The van der Waals surface area contributed by atoms with E-state index in [4.69, 9.17) is 10.5 Å². The summed E-state index contributed by atoms with van der Waals surface area (Å²) in [6.07, 6.45) is 5.26. The highest BCUT2D eigenvalue weighted by Crippen LogP contribution is 2.49. The molecular formula is C18H20N4O2. The molecule has 1 aromatic heterocycles. The van der Waals surface area contributed by atoms with Crippen LogP contribution in [0.4, 0.5) is 0 Å². The second-order valence-corrected chi connectivity index (χ2v) is 6.03. The van der Waals surface area contributed by atoms with Gasteiger partial charge >= 0.3 is 0 Å². The molecule has 1 aromatic carbocycles. The number of ether oxygens (including phenoxy) is 1. The van der Waals surface area contributed by atoms with Gasteiger partial charge in [0.2, 0.25) is 0 Å². The normalized spacial score (nSPS) is 15.8. The van der Waals surface area contributed by atoms with E-state index in [2.05, 4.69) is 15.0 Å². The number of Topliss-reactive ketones (excluding diaryl/α,β-unsaturated/α-hetero) is 1. The molecule has 0 atom stereocenters. The maximum Gasteiger partial charge on any atom is 0.282 e. The van der Waals surface area contributed by atoms with Crippen LogP contribution in [-0.4, -0.2) is 28.9 Å². The van der Waals surface area contributed by atoms with Gasteiger partial charge < -0.3 is 10.5 Å². The van der Waals surface area contributed by atoms with Crippen LogP contribution >= 0.6 is 0 Å². The second-order valence-electron chi connectivity index (χ2n) is 6.03. The van der Waals surface area contributed by atoms with Crippen molar-refractivity contribution in [1.29, 1.82) is 0 Å². The summed E-state index contributed by atoms with van der Waals surface area (Å²) < 4.78 is 4.97. The Morgan fingerprint density at radius 2 is 2.12 bits per heavy atom. The fourth-order valence-corrected chi connectivity index (χ4v) is 2.62. The number of benzene rings is 1. The van der Waals surface area contributed by atoms with Crippen LogP contribution in [0.2, 0.25) is 0 Å². The first-order chi connectivity index (χ1) is 11.5. The molecule has 2 aromatic rings. The number of aryl methyl sites for hydroxylation is 1. The van der Waals surface area contributed by atoms with Crippen LogP contribution in [0, 0.1) is 6.92 Å². The Bertz CT molecular complexity index is 780.